The summed E-state index contributed by atoms with van der Waals surface area (Å²) >= 11 is 1.18. The predicted octanol–water partition coefficient (Wildman–Crippen LogP) is 4.19. The van der Waals surface area contributed by atoms with Crippen molar-refractivity contribution in [2.75, 3.05) is 11.9 Å². The predicted molar refractivity (Wildman–Crippen MR) is 101 cm³/mol. The van der Waals surface area contributed by atoms with E-state index < -0.39 is 21.8 Å². The summed E-state index contributed by atoms with van der Waals surface area (Å²) in [7, 11) is -3.89. The van der Waals surface area contributed by atoms with Crippen molar-refractivity contribution in [2.24, 2.45) is 0 Å². The third-order valence-electron chi connectivity index (χ3n) is 3.07. The summed E-state index contributed by atoms with van der Waals surface area (Å²) in [6.07, 6.45) is -0.621. The number of rotatable bonds is 5. The first-order valence-electron chi connectivity index (χ1n) is 7.98. The maximum absolute atomic E-state index is 12.3. The lowest BCUT2D eigenvalue weighted by Gasteiger charge is -2.18. The quantitative estimate of drug-likeness (QED) is 0.759. The van der Waals surface area contributed by atoms with Crippen molar-refractivity contribution in [3.05, 3.63) is 29.1 Å². The zero-order chi connectivity index (χ0) is 19.5. The zero-order valence-electron chi connectivity index (χ0n) is 15.3. The van der Waals surface area contributed by atoms with Crippen LogP contribution in [-0.4, -0.2) is 31.7 Å². The topological polar surface area (TPSA) is 94.6 Å². The highest BCUT2D eigenvalue weighted by atomic mass is 32.2. The van der Waals surface area contributed by atoms with Gasteiger partial charge in [0.25, 0.3) is 10.1 Å². The van der Waals surface area contributed by atoms with Crippen molar-refractivity contribution in [1.82, 2.24) is 4.98 Å². The molecular formula is C17H22N2O5S2. The molecule has 2 aromatic rings. The Hall–Kier alpha value is -1.97. The summed E-state index contributed by atoms with van der Waals surface area (Å²) in [5.41, 5.74) is 1.11. The van der Waals surface area contributed by atoms with E-state index in [4.69, 9.17) is 8.92 Å². The molecule has 0 aliphatic rings. The minimum absolute atomic E-state index is 0.0398. The number of nitrogens with one attached hydrogen (secondary N) is 1. The molecule has 0 saturated carbocycles. The molecule has 0 atom stereocenters. The fraction of sp³-hybridized carbons (Fsp3) is 0.412. The summed E-state index contributed by atoms with van der Waals surface area (Å²) < 4.78 is 34.8. The number of amides is 1. The monoisotopic (exact) mass is 398 g/mol. The van der Waals surface area contributed by atoms with Gasteiger partial charge >= 0.3 is 6.09 Å². The standard InChI is InChI=1S/C17H22N2O5S2/c1-6-23-26(21,22)14-8-7-11(2)9-12(14)13-10-25-15(18-13)19-16(20)24-17(3,4)5/h7-10H,6H2,1-5H3,(H,18,19,20). The number of ether oxygens (including phenoxy) is 1. The number of carbonyl (C=O) groups excluding carboxylic acids is 1. The van der Waals surface area contributed by atoms with Crippen molar-refractivity contribution < 1.29 is 22.1 Å². The lowest BCUT2D eigenvalue weighted by Crippen LogP contribution is -2.27. The fourth-order valence-corrected chi connectivity index (χ4v) is 3.93. The molecule has 2 rings (SSSR count). The minimum Gasteiger partial charge on any atom is -0.444 e. The van der Waals surface area contributed by atoms with Crippen LogP contribution in [-0.2, 0) is 19.0 Å². The molecule has 0 radical (unpaired) electrons. The Bertz CT molecular complexity index is 898. The fourth-order valence-electron chi connectivity index (χ4n) is 2.13. The molecular weight excluding hydrogens is 376 g/mol. The number of anilines is 1. The van der Waals surface area contributed by atoms with Crippen molar-refractivity contribution >= 4 is 32.7 Å². The highest BCUT2D eigenvalue weighted by Gasteiger charge is 2.22. The van der Waals surface area contributed by atoms with Gasteiger partial charge in [-0.1, -0.05) is 11.6 Å². The van der Waals surface area contributed by atoms with E-state index >= 15 is 0 Å². The van der Waals surface area contributed by atoms with Gasteiger partial charge in [0.05, 0.1) is 12.3 Å². The molecule has 142 valence electrons. The smallest absolute Gasteiger partial charge is 0.413 e. The molecule has 0 saturated heterocycles. The normalized spacial score (nSPS) is 12.0. The molecule has 1 N–H and O–H groups in total. The Labute approximate surface area is 157 Å². The summed E-state index contributed by atoms with van der Waals surface area (Å²) in [6, 6.07) is 4.91. The van der Waals surface area contributed by atoms with Gasteiger partial charge in [0.1, 0.15) is 10.5 Å². The van der Waals surface area contributed by atoms with Crippen molar-refractivity contribution in [1.29, 1.82) is 0 Å². The maximum atomic E-state index is 12.3. The largest absolute Gasteiger partial charge is 0.444 e. The van der Waals surface area contributed by atoms with Gasteiger partial charge in [-0.3, -0.25) is 9.50 Å². The van der Waals surface area contributed by atoms with Crippen LogP contribution >= 0.6 is 11.3 Å². The van der Waals surface area contributed by atoms with Crippen molar-refractivity contribution in [2.45, 2.75) is 45.1 Å². The Morgan fingerprint density at radius 2 is 2.00 bits per heavy atom. The molecule has 0 fully saturated rings. The molecule has 1 aromatic heterocycles. The molecule has 1 heterocycles. The van der Waals surface area contributed by atoms with E-state index in [1.807, 2.05) is 6.92 Å². The van der Waals surface area contributed by atoms with Crippen molar-refractivity contribution in [3.63, 3.8) is 0 Å². The SMILES string of the molecule is CCOS(=O)(=O)c1ccc(C)cc1-c1csc(NC(=O)OC(C)(C)C)n1. The number of aromatic nitrogens is 1. The summed E-state index contributed by atoms with van der Waals surface area (Å²) in [5.74, 6) is 0. The number of hydrogen-bond acceptors (Lipinski definition) is 7. The molecule has 0 aliphatic heterocycles. The summed E-state index contributed by atoms with van der Waals surface area (Å²) in [5, 5.41) is 4.54. The lowest BCUT2D eigenvalue weighted by atomic mass is 10.1. The second kappa shape index (κ2) is 7.73. The van der Waals surface area contributed by atoms with Gasteiger partial charge in [0.15, 0.2) is 5.13 Å². The zero-order valence-corrected chi connectivity index (χ0v) is 17.0. The van der Waals surface area contributed by atoms with Gasteiger partial charge in [-0.05, 0) is 46.8 Å². The number of carbonyl (C=O) groups is 1. The van der Waals surface area contributed by atoms with Gasteiger partial charge in [0, 0.05) is 10.9 Å². The van der Waals surface area contributed by atoms with Crippen LogP contribution < -0.4 is 5.32 Å². The molecule has 0 spiro atoms. The second-order valence-corrected chi connectivity index (χ2v) is 8.97. The average Bonchev–Trinajstić information content (AvgIpc) is 2.93. The number of aryl methyl sites for hydroxylation is 1. The molecule has 26 heavy (non-hydrogen) atoms. The Balaban J connectivity index is 2.34. The first-order chi connectivity index (χ1) is 12.0. The highest BCUT2D eigenvalue weighted by Crippen LogP contribution is 2.32. The Kier molecular flexibility index (Phi) is 6.05. The van der Waals surface area contributed by atoms with Gasteiger partial charge in [0.2, 0.25) is 0 Å². The number of thiazole rings is 1. The molecule has 7 nitrogen and oxygen atoms in total. The second-order valence-electron chi connectivity index (χ2n) is 6.53. The van der Waals surface area contributed by atoms with Crippen LogP contribution in [0.3, 0.4) is 0 Å². The average molecular weight is 399 g/mol. The molecule has 0 aliphatic carbocycles. The highest BCUT2D eigenvalue weighted by molar-refractivity contribution is 7.87. The van der Waals surface area contributed by atoms with E-state index in [0.29, 0.717) is 16.4 Å². The van der Waals surface area contributed by atoms with E-state index in [2.05, 4.69) is 10.3 Å². The van der Waals surface area contributed by atoms with Crippen LogP contribution in [0.5, 0.6) is 0 Å². The molecule has 1 amide bonds. The molecule has 1 aromatic carbocycles. The van der Waals surface area contributed by atoms with Crippen LogP contribution in [0.2, 0.25) is 0 Å². The summed E-state index contributed by atoms with van der Waals surface area (Å²) in [4.78, 5) is 16.2. The van der Waals surface area contributed by atoms with Crippen LogP contribution in [0.4, 0.5) is 9.93 Å². The van der Waals surface area contributed by atoms with E-state index in [0.717, 1.165) is 5.56 Å². The number of hydrogen-bond donors (Lipinski definition) is 1. The van der Waals surface area contributed by atoms with Gasteiger partial charge in [-0.2, -0.15) is 8.42 Å². The molecule has 0 bridgehead atoms. The van der Waals surface area contributed by atoms with Crippen LogP contribution in [0.15, 0.2) is 28.5 Å². The van der Waals surface area contributed by atoms with E-state index in [9.17, 15) is 13.2 Å². The first kappa shape index (κ1) is 20.3. The minimum atomic E-state index is -3.89. The van der Waals surface area contributed by atoms with Crippen LogP contribution in [0.25, 0.3) is 11.3 Å². The molecule has 9 heteroatoms. The third-order valence-corrected chi connectivity index (χ3v) is 5.26. The van der Waals surface area contributed by atoms with E-state index in [1.165, 1.54) is 17.4 Å². The number of nitrogens with zero attached hydrogens (tertiary/aromatic N) is 1. The van der Waals surface area contributed by atoms with Crippen LogP contribution in [0, 0.1) is 6.92 Å². The Morgan fingerprint density at radius 1 is 1.31 bits per heavy atom. The van der Waals surface area contributed by atoms with E-state index in [-0.39, 0.29) is 11.5 Å². The van der Waals surface area contributed by atoms with E-state index in [1.54, 1.807) is 45.2 Å². The van der Waals surface area contributed by atoms with Gasteiger partial charge < -0.3 is 4.74 Å². The Morgan fingerprint density at radius 3 is 2.62 bits per heavy atom. The number of benzene rings is 1. The van der Waals surface area contributed by atoms with Gasteiger partial charge in [-0.25, -0.2) is 9.78 Å². The summed E-state index contributed by atoms with van der Waals surface area (Å²) in [6.45, 7) is 8.79. The first-order valence-corrected chi connectivity index (χ1v) is 10.3. The third kappa shape index (κ3) is 5.26. The maximum Gasteiger partial charge on any atom is 0.413 e. The van der Waals surface area contributed by atoms with Gasteiger partial charge in [-0.15, -0.1) is 11.3 Å². The van der Waals surface area contributed by atoms with Crippen LogP contribution in [0.1, 0.15) is 33.3 Å². The van der Waals surface area contributed by atoms with Crippen molar-refractivity contribution in [3.8, 4) is 11.3 Å². The molecule has 0 unspecified atom stereocenters. The lowest BCUT2D eigenvalue weighted by molar-refractivity contribution is 0.0636.